The van der Waals surface area contributed by atoms with Crippen LogP contribution in [0.4, 0.5) is 10.5 Å². The molecule has 0 spiro atoms. The van der Waals surface area contributed by atoms with Crippen molar-refractivity contribution in [2.45, 2.75) is 49.6 Å². The molecule has 51 heavy (non-hydrogen) atoms. The Kier molecular flexibility index (Phi) is 13.9. The molecule has 1 saturated heterocycles. The number of hydrogen-bond acceptors (Lipinski definition) is 8. The molecule has 1 heterocycles. The summed E-state index contributed by atoms with van der Waals surface area (Å²) in [4.78, 5) is 44.0. The summed E-state index contributed by atoms with van der Waals surface area (Å²) in [5, 5.41) is 12.9. The monoisotopic (exact) mass is 719 g/mol. The van der Waals surface area contributed by atoms with Gasteiger partial charge in [-0.2, -0.15) is 4.72 Å². The van der Waals surface area contributed by atoms with Gasteiger partial charge in [-0.3, -0.25) is 20.0 Å². The first-order valence-electron chi connectivity index (χ1n) is 16.5. The number of sulfonamides is 1. The second-order valence-electron chi connectivity index (χ2n) is 12.2. The van der Waals surface area contributed by atoms with Crippen molar-refractivity contribution in [1.29, 1.82) is 5.41 Å². The summed E-state index contributed by atoms with van der Waals surface area (Å²) < 4.78 is 35.2. The van der Waals surface area contributed by atoms with Gasteiger partial charge in [0.2, 0.25) is 21.8 Å². The number of nitrogens with two attached hydrogens (primary N) is 3. The highest BCUT2D eigenvalue weighted by Gasteiger charge is 2.32. The van der Waals surface area contributed by atoms with Crippen LogP contribution in [-0.2, 0) is 37.4 Å². The molecule has 272 valence electrons. The number of piperidine rings is 1. The third-order valence-corrected chi connectivity index (χ3v) is 9.76. The number of nitrogen functional groups attached to an aromatic ring is 1. The van der Waals surface area contributed by atoms with Gasteiger partial charge in [0.25, 0.3) is 0 Å². The molecule has 1 atom stereocenters. The standard InChI is InChI=1S/C35H45N9O6S/c36-32(37)27-9-4-8-26(20-27)21-30(33(46)44-18-14-24(15-19-44)12-16-40-34(38)39)43-51(48,49)29-11-5-10-28(22-29)42-31(45)13-17-41-35(47)50-23-25-6-2-1-3-7-25/h1-11,20,22,24,30,43H,12-19,21,23H2,(H3,36,37)(H,41,47)(H,42,45)(H4,38,39,40)/t30-/m0/s1. The van der Waals surface area contributed by atoms with Crippen molar-refractivity contribution in [2.24, 2.45) is 28.1 Å². The van der Waals surface area contributed by atoms with E-state index >= 15 is 0 Å². The number of benzene rings is 3. The van der Waals surface area contributed by atoms with Crippen molar-refractivity contribution in [3.63, 3.8) is 0 Å². The molecule has 1 fully saturated rings. The van der Waals surface area contributed by atoms with Crippen LogP contribution < -0.4 is 32.6 Å². The van der Waals surface area contributed by atoms with E-state index in [0.717, 1.165) is 24.8 Å². The summed E-state index contributed by atoms with van der Waals surface area (Å²) in [6, 6.07) is 20.4. The van der Waals surface area contributed by atoms with Crippen LogP contribution in [0, 0.1) is 11.3 Å². The zero-order valence-corrected chi connectivity index (χ0v) is 29.0. The highest BCUT2D eigenvalue weighted by molar-refractivity contribution is 7.89. The van der Waals surface area contributed by atoms with E-state index in [9.17, 15) is 22.8 Å². The number of nitrogens with one attached hydrogen (secondary N) is 4. The number of rotatable bonds is 16. The van der Waals surface area contributed by atoms with Gasteiger partial charge in [-0.15, -0.1) is 0 Å². The fourth-order valence-electron chi connectivity index (χ4n) is 5.59. The van der Waals surface area contributed by atoms with E-state index in [4.69, 9.17) is 27.3 Å². The predicted molar refractivity (Wildman–Crippen MR) is 194 cm³/mol. The van der Waals surface area contributed by atoms with Gasteiger partial charge in [-0.1, -0.05) is 54.6 Å². The van der Waals surface area contributed by atoms with Gasteiger partial charge in [0, 0.05) is 43.9 Å². The number of nitrogens with zero attached hydrogens (tertiary/aromatic N) is 2. The molecule has 0 unspecified atom stereocenters. The van der Waals surface area contributed by atoms with Crippen LogP contribution in [-0.4, -0.2) is 75.2 Å². The Morgan fingerprint density at radius 3 is 2.35 bits per heavy atom. The predicted octanol–water partition coefficient (Wildman–Crippen LogP) is 2.02. The summed E-state index contributed by atoms with van der Waals surface area (Å²) in [5.41, 5.74) is 18.6. The van der Waals surface area contributed by atoms with Crippen LogP contribution in [0.3, 0.4) is 0 Å². The summed E-state index contributed by atoms with van der Waals surface area (Å²) >= 11 is 0. The third-order valence-electron chi connectivity index (χ3n) is 8.29. The molecule has 16 heteroatoms. The number of anilines is 1. The van der Waals surface area contributed by atoms with Crippen molar-refractivity contribution in [1.82, 2.24) is 14.9 Å². The number of ether oxygens (including phenoxy) is 1. The number of amides is 3. The Labute approximate surface area is 297 Å². The molecule has 0 aromatic heterocycles. The normalized spacial score (nSPS) is 13.8. The van der Waals surface area contributed by atoms with Crippen LogP contribution >= 0.6 is 0 Å². The Morgan fingerprint density at radius 2 is 1.65 bits per heavy atom. The fraction of sp³-hybridized carbons (Fsp3) is 0.343. The van der Waals surface area contributed by atoms with Crippen LogP contribution in [0.5, 0.6) is 0 Å². The van der Waals surface area contributed by atoms with Crippen molar-refractivity contribution in [3.05, 3.63) is 95.6 Å². The van der Waals surface area contributed by atoms with E-state index in [1.807, 2.05) is 30.3 Å². The van der Waals surface area contributed by atoms with E-state index in [-0.39, 0.29) is 54.3 Å². The van der Waals surface area contributed by atoms with E-state index in [1.54, 1.807) is 29.2 Å². The van der Waals surface area contributed by atoms with Gasteiger partial charge in [0.1, 0.15) is 18.5 Å². The van der Waals surface area contributed by atoms with Gasteiger partial charge >= 0.3 is 6.09 Å². The molecule has 0 radical (unpaired) electrons. The molecule has 0 aliphatic carbocycles. The Morgan fingerprint density at radius 1 is 0.941 bits per heavy atom. The number of carbonyl (C=O) groups is 3. The molecular formula is C35H45N9O6S. The Bertz CT molecular complexity index is 1810. The molecule has 0 saturated carbocycles. The van der Waals surface area contributed by atoms with Gasteiger partial charge in [-0.05, 0) is 67.0 Å². The molecule has 4 rings (SSSR count). The fourth-order valence-corrected chi connectivity index (χ4v) is 6.83. The average Bonchev–Trinajstić information content (AvgIpc) is 3.11. The van der Waals surface area contributed by atoms with Gasteiger partial charge < -0.3 is 37.5 Å². The summed E-state index contributed by atoms with van der Waals surface area (Å²) in [5.74, 6) is -0.636. The minimum absolute atomic E-state index is 0.00113. The number of likely N-dealkylation sites (tertiary alicyclic amines) is 1. The van der Waals surface area contributed by atoms with Crippen LogP contribution in [0.15, 0.2) is 88.8 Å². The maximum absolute atomic E-state index is 13.9. The zero-order valence-electron chi connectivity index (χ0n) is 28.2. The summed E-state index contributed by atoms with van der Waals surface area (Å²) in [7, 11) is -4.26. The molecule has 3 amide bonds. The van der Waals surface area contributed by atoms with E-state index in [2.05, 4.69) is 20.3 Å². The molecule has 1 aliphatic heterocycles. The SMILES string of the molecule is N=C(N)c1cccc(C[C@H](NS(=O)(=O)c2cccc(NC(=O)CCNC(=O)OCc3ccccc3)c2)C(=O)N2CCC(CCN=C(N)N)CC2)c1. The van der Waals surface area contributed by atoms with Crippen LogP contribution in [0.25, 0.3) is 0 Å². The lowest BCUT2D eigenvalue weighted by molar-refractivity contribution is -0.134. The van der Waals surface area contributed by atoms with Gasteiger partial charge in [-0.25, -0.2) is 13.2 Å². The smallest absolute Gasteiger partial charge is 0.407 e. The second-order valence-corrected chi connectivity index (χ2v) is 13.9. The highest BCUT2D eigenvalue weighted by Crippen LogP contribution is 2.23. The Balaban J connectivity index is 1.39. The number of guanidine groups is 1. The van der Waals surface area contributed by atoms with E-state index in [0.29, 0.717) is 36.7 Å². The van der Waals surface area contributed by atoms with Crippen molar-refractivity contribution in [2.75, 3.05) is 31.5 Å². The third kappa shape index (κ3) is 12.4. The van der Waals surface area contributed by atoms with E-state index < -0.39 is 28.1 Å². The van der Waals surface area contributed by atoms with Crippen molar-refractivity contribution < 1.29 is 27.5 Å². The Hall–Kier alpha value is -5.48. The number of amidine groups is 1. The lowest BCUT2D eigenvalue weighted by Gasteiger charge is -2.34. The highest BCUT2D eigenvalue weighted by atomic mass is 32.2. The minimum atomic E-state index is -4.26. The maximum atomic E-state index is 13.9. The van der Waals surface area contributed by atoms with Gasteiger partial charge in [0.05, 0.1) is 4.90 Å². The first kappa shape index (κ1) is 38.3. The topological polar surface area (TPSA) is 248 Å². The average molecular weight is 720 g/mol. The summed E-state index contributed by atoms with van der Waals surface area (Å²) in [6.07, 6.45) is 1.47. The first-order chi connectivity index (χ1) is 24.4. The maximum Gasteiger partial charge on any atom is 0.407 e. The molecule has 3 aromatic carbocycles. The number of alkyl carbamates (subject to hydrolysis) is 1. The molecule has 0 bridgehead atoms. The lowest BCUT2D eigenvalue weighted by Crippen LogP contribution is -2.51. The quantitative estimate of drug-likeness (QED) is 0.0844. The van der Waals surface area contributed by atoms with Crippen LogP contribution in [0.1, 0.15) is 42.4 Å². The minimum Gasteiger partial charge on any atom is -0.445 e. The molecule has 3 aromatic rings. The largest absolute Gasteiger partial charge is 0.445 e. The lowest BCUT2D eigenvalue weighted by atomic mass is 9.93. The van der Waals surface area contributed by atoms with Crippen molar-refractivity contribution in [3.8, 4) is 0 Å². The second kappa shape index (κ2) is 18.5. The molecule has 10 N–H and O–H groups in total. The number of hydrogen-bond donors (Lipinski definition) is 7. The zero-order chi connectivity index (χ0) is 36.8. The number of carbonyl (C=O) groups excluding carboxylic acids is 3. The molecule has 15 nitrogen and oxygen atoms in total. The van der Waals surface area contributed by atoms with E-state index in [1.165, 1.54) is 24.3 Å². The molecule has 1 aliphatic rings. The molecular weight excluding hydrogens is 675 g/mol. The van der Waals surface area contributed by atoms with Crippen molar-refractivity contribution >= 4 is 45.4 Å². The van der Waals surface area contributed by atoms with Gasteiger partial charge in [0.15, 0.2) is 5.96 Å². The first-order valence-corrected chi connectivity index (χ1v) is 18.0. The number of aliphatic imine (C=N–C) groups is 1. The summed E-state index contributed by atoms with van der Waals surface area (Å²) in [6.45, 7) is 1.47. The van der Waals surface area contributed by atoms with Crippen LogP contribution in [0.2, 0.25) is 0 Å².